The average molecular weight is 423 g/mol. The summed E-state index contributed by atoms with van der Waals surface area (Å²) in [6.45, 7) is -0.580. The lowest BCUT2D eigenvalue weighted by Gasteiger charge is -2.27. The first-order chi connectivity index (χ1) is 14.9. The maximum absolute atomic E-state index is 12.4. The molecule has 0 bridgehead atoms. The number of ether oxygens (including phenoxy) is 2. The minimum absolute atomic E-state index is 0.0883. The van der Waals surface area contributed by atoms with Gasteiger partial charge in [0.1, 0.15) is 5.75 Å². The number of esters is 1. The van der Waals surface area contributed by atoms with Crippen molar-refractivity contribution in [1.29, 1.82) is 0 Å². The fraction of sp³-hybridized carbons (Fsp3) is 0.190. The Morgan fingerprint density at radius 2 is 1.71 bits per heavy atom. The van der Waals surface area contributed by atoms with Gasteiger partial charge in [-0.15, -0.1) is 0 Å². The summed E-state index contributed by atoms with van der Waals surface area (Å²) >= 11 is 0. The van der Waals surface area contributed by atoms with E-state index in [0.717, 1.165) is 5.01 Å². The van der Waals surface area contributed by atoms with Crippen LogP contribution in [0, 0.1) is 0 Å². The molecule has 0 atom stereocenters. The quantitative estimate of drug-likeness (QED) is 0.546. The zero-order valence-electron chi connectivity index (χ0n) is 16.2. The molecule has 0 unspecified atom stereocenters. The highest BCUT2D eigenvalue weighted by molar-refractivity contribution is 6.03. The predicted molar refractivity (Wildman–Crippen MR) is 106 cm³/mol. The normalized spacial score (nSPS) is 15.4. The second-order valence-electron chi connectivity index (χ2n) is 6.86. The van der Waals surface area contributed by atoms with Gasteiger partial charge in [-0.25, -0.2) is 9.80 Å². The number of ketones is 1. The van der Waals surface area contributed by atoms with Crippen LogP contribution >= 0.6 is 0 Å². The molecule has 2 heterocycles. The molecule has 1 saturated heterocycles. The Morgan fingerprint density at radius 3 is 2.48 bits per heavy atom. The van der Waals surface area contributed by atoms with E-state index in [1.54, 1.807) is 6.07 Å². The first-order valence-corrected chi connectivity index (χ1v) is 9.40. The Morgan fingerprint density at radius 1 is 0.968 bits per heavy atom. The van der Waals surface area contributed by atoms with Crippen molar-refractivity contribution in [3.63, 3.8) is 0 Å². The van der Waals surface area contributed by atoms with Gasteiger partial charge in [0.25, 0.3) is 5.91 Å². The standard InChI is InChI=1S/C21H17N3O7/c25-16(13-3-6-17-15(9-13)22-19(27)11-30-17)10-31-21(29)12-1-4-14(5-2-12)24-20(28)8-7-18(26)23-24/h1-6,9H,7-8,10-11H2,(H,22,27)(H,23,26). The molecule has 3 amide bonds. The summed E-state index contributed by atoms with van der Waals surface area (Å²) in [5, 5.41) is 3.73. The molecule has 1 fully saturated rings. The third kappa shape index (κ3) is 4.37. The lowest BCUT2D eigenvalue weighted by Crippen LogP contribution is -2.50. The number of rotatable bonds is 5. The third-order valence-corrected chi connectivity index (χ3v) is 4.68. The zero-order valence-corrected chi connectivity index (χ0v) is 16.2. The Labute approximate surface area is 176 Å². The molecule has 2 aromatic carbocycles. The fourth-order valence-electron chi connectivity index (χ4n) is 3.08. The summed E-state index contributed by atoms with van der Waals surface area (Å²) in [4.78, 5) is 59.4. The summed E-state index contributed by atoms with van der Waals surface area (Å²) in [6, 6.07) is 10.4. The maximum atomic E-state index is 12.4. The zero-order chi connectivity index (χ0) is 22.0. The van der Waals surface area contributed by atoms with Crippen molar-refractivity contribution >= 4 is 40.8 Å². The topological polar surface area (TPSA) is 131 Å². The van der Waals surface area contributed by atoms with Gasteiger partial charge in [-0.1, -0.05) is 0 Å². The Kier molecular flexibility index (Phi) is 5.35. The number of anilines is 2. The van der Waals surface area contributed by atoms with Crippen LogP contribution in [0.4, 0.5) is 11.4 Å². The number of hydrogen-bond donors (Lipinski definition) is 2. The molecule has 0 aliphatic carbocycles. The number of Topliss-reactive ketones (excluding diaryl/α,β-unsaturated/α-hetero) is 1. The van der Waals surface area contributed by atoms with Crippen molar-refractivity contribution in [3.8, 4) is 5.75 Å². The second kappa shape index (κ2) is 8.27. The van der Waals surface area contributed by atoms with Gasteiger partial charge in [0.2, 0.25) is 11.8 Å². The Bertz CT molecular complexity index is 1090. The fourth-order valence-corrected chi connectivity index (χ4v) is 3.08. The molecule has 31 heavy (non-hydrogen) atoms. The van der Waals surface area contributed by atoms with Crippen LogP contribution in [0.1, 0.15) is 33.6 Å². The lowest BCUT2D eigenvalue weighted by molar-refractivity contribution is -0.130. The number of nitrogens with one attached hydrogen (secondary N) is 2. The van der Waals surface area contributed by atoms with Gasteiger partial charge in [-0.3, -0.25) is 24.6 Å². The van der Waals surface area contributed by atoms with E-state index < -0.39 is 18.4 Å². The van der Waals surface area contributed by atoms with E-state index in [0.29, 0.717) is 17.1 Å². The molecule has 2 N–H and O–H groups in total. The van der Waals surface area contributed by atoms with Crippen molar-refractivity contribution in [2.75, 3.05) is 23.5 Å². The summed E-state index contributed by atoms with van der Waals surface area (Å²) in [5.41, 5.74) is 3.68. The van der Waals surface area contributed by atoms with Crippen LogP contribution < -0.4 is 20.5 Å². The maximum Gasteiger partial charge on any atom is 0.338 e. The van der Waals surface area contributed by atoms with Gasteiger partial charge in [0, 0.05) is 18.4 Å². The van der Waals surface area contributed by atoms with Crippen LogP contribution in [-0.4, -0.2) is 42.7 Å². The number of benzene rings is 2. The van der Waals surface area contributed by atoms with Gasteiger partial charge < -0.3 is 14.8 Å². The molecule has 10 heteroatoms. The molecule has 0 spiro atoms. The largest absolute Gasteiger partial charge is 0.482 e. The van der Waals surface area contributed by atoms with E-state index in [1.165, 1.54) is 36.4 Å². The van der Waals surface area contributed by atoms with Crippen LogP contribution in [0.25, 0.3) is 0 Å². The van der Waals surface area contributed by atoms with Crippen molar-refractivity contribution in [2.45, 2.75) is 12.8 Å². The average Bonchev–Trinajstić information content (AvgIpc) is 2.78. The number of nitrogens with zero attached hydrogens (tertiary/aromatic N) is 1. The summed E-state index contributed by atoms with van der Waals surface area (Å²) < 4.78 is 10.3. The van der Waals surface area contributed by atoms with Gasteiger partial charge >= 0.3 is 5.97 Å². The highest BCUT2D eigenvalue weighted by Gasteiger charge is 2.24. The number of hydrazine groups is 1. The third-order valence-electron chi connectivity index (χ3n) is 4.68. The Hall–Kier alpha value is -4.21. The van der Waals surface area contributed by atoms with E-state index in [-0.39, 0.29) is 48.3 Å². The molecule has 4 rings (SSSR count). The van der Waals surface area contributed by atoms with Crippen LogP contribution in [0.5, 0.6) is 5.75 Å². The van der Waals surface area contributed by atoms with E-state index in [9.17, 15) is 24.0 Å². The van der Waals surface area contributed by atoms with E-state index in [2.05, 4.69) is 10.7 Å². The van der Waals surface area contributed by atoms with Crippen molar-refractivity contribution in [1.82, 2.24) is 5.43 Å². The van der Waals surface area contributed by atoms with Crippen LogP contribution in [0.15, 0.2) is 42.5 Å². The van der Waals surface area contributed by atoms with E-state index in [4.69, 9.17) is 9.47 Å². The van der Waals surface area contributed by atoms with Gasteiger partial charge in [0.15, 0.2) is 19.0 Å². The van der Waals surface area contributed by atoms with Crippen LogP contribution in [0.2, 0.25) is 0 Å². The summed E-state index contributed by atoms with van der Waals surface area (Å²) in [7, 11) is 0. The molecule has 0 aromatic heterocycles. The minimum atomic E-state index is -0.719. The first kappa shape index (κ1) is 20.1. The van der Waals surface area contributed by atoms with E-state index in [1.807, 2.05) is 0 Å². The molecule has 158 valence electrons. The number of fused-ring (bicyclic) bond motifs is 1. The monoisotopic (exact) mass is 423 g/mol. The number of amides is 3. The molecule has 0 saturated carbocycles. The van der Waals surface area contributed by atoms with Crippen LogP contribution in [0.3, 0.4) is 0 Å². The lowest BCUT2D eigenvalue weighted by atomic mass is 10.1. The molecule has 2 aromatic rings. The summed E-state index contributed by atoms with van der Waals surface area (Å²) in [6.07, 6.45) is 0.244. The molecular formula is C21H17N3O7. The summed E-state index contributed by atoms with van der Waals surface area (Å²) in [5.74, 6) is -1.56. The second-order valence-corrected chi connectivity index (χ2v) is 6.86. The number of hydrogen-bond acceptors (Lipinski definition) is 7. The van der Waals surface area contributed by atoms with Crippen molar-refractivity contribution < 1.29 is 33.4 Å². The van der Waals surface area contributed by atoms with Crippen molar-refractivity contribution in [2.24, 2.45) is 0 Å². The highest BCUT2D eigenvalue weighted by atomic mass is 16.5. The van der Waals surface area contributed by atoms with Crippen molar-refractivity contribution in [3.05, 3.63) is 53.6 Å². The van der Waals surface area contributed by atoms with Gasteiger partial charge in [-0.05, 0) is 42.5 Å². The first-order valence-electron chi connectivity index (χ1n) is 9.40. The molecule has 2 aliphatic rings. The number of carbonyl (C=O) groups is 5. The molecule has 10 nitrogen and oxygen atoms in total. The molecular weight excluding hydrogens is 406 g/mol. The Balaban J connectivity index is 1.37. The van der Waals surface area contributed by atoms with Gasteiger partial charge in [0.05, 0.1) is 16.9 Å². The highest BCUT2D eigenvalue weighted by Crippen LogP contribution is 2.28. The SMILES string of the molecule is O=C1COc2ccc(C(=O)COC(=O)c3ccc(N4NC(=O)CCC4=O)cc3)cc2N1. The van der Waals surface area contributed by atoms with Gasteiger partial charge in [-0.2, -0.15) is 0 Å². The smallest absolute Gasteiger partial charge is 0.338 e. The molecule has 0 radical (unpaired) electrons. The number of carbonyl (C=O) groups excluding carboxylic acids is 5. The van der Waals surface area contributed by atoms with Crippen LogP contribution in [-0.2, 0) is 19.1 Å². The predicted octanol–water partition coefficient (Wildman–Crippen LogP) is 1.22. The molecule has 2 aliphatic heterocycles. The van der Waals surface area contributed by atoms with E-state index >= 15 is 0 Å². The minimum Gasteiger partial charge on any atom is -0.482 e.